The number of fused-ring (bicyclic) bond motifs is 3. The molecule has 3 aromatic rings. The molecule has 0 spiro atoms. The van der Waals surface area contributed by atoms with Gasteiger partial charge in [0.05, 0.1) is 25.4 Å². The van der Waals surface area contributed by atoms with Crippen molar-refractivity contribution in [2.75, 3.05) is 7.11 Å². The van der Waals surface area contributed by atoms with Crippen molar-refractivity contribution in [1.82, 2.24) is 9.55 Å². The molecule has 5 nitrogen and oxygen atoms in total. The number of methoxy groups -OCH3 is 1. The van der Waals surface area contributed by atoms with E-state index in [1.54, 1.807) is 47.5 Å². The van der Waals surface area contributed by atoms with E-state index in [9.17, 15) is 9.59 Å². The molecule has 0 N–H and O–H groups in total. The van der Waals surface area contributed by atoms with Crippen LogP contribution in [0.4, 0.5) is 0 Å². The largest absolute Gasteiger partial charge is 0.496 e. The lowest BCUT2D eigenvalue weighted by Crippen LogP contribution is -2.21. The van der Waals surface area contributed by atoms with Crippen molar-refractivity contribution in [3.05, 3.63) is 56.4 Å². The Balaban J connectivity index is 1.81. The summed E-state index contributed by atoms with van der Waals surface area (Å²) in [6, 6.07) is 5.29. The van der Waals surface area contributed by atoms with E-state index < -0.39 is 0 Å². The molecule has 1 aliphatic rings. The second kappa shape index (κ2) is 6.11. The molecule has 0 bridgehead atoms. The van der Waals surface area contributed by atoms with Crippen molar-refractivity contribution in [3.8, 4) is 5.75 Å². The number of carbonyl (C=O) groups excluding carboxylic acids is 1. The maximum atomic E-state index is 13.0. The molecule has 4 rings (SSSR count). The van der Waals surface area contributed by atoms with E-state index in [0.717, 1.165) is 35.0 Å². The summed E-state index contributed by atoms with van der Waals surface area (Å²) in [6.45, 7) is 1.86. The molecule has 25 heavy (non-hydrogen) atoms. The van der Waals surface area contributed by atoms with Gasteiger partial charge in [-0.15, -0.1) is 11.3 Å². The molecule has 2 heterocycles. The SMILES string of the molecule is COc1ccc(C(C)=O)cc1Cn1cnc2sc3c(c2c1=O)CCC3. The lowest BCUT2D eigenvalue weighted by molar-refractivity contribution is 0.101. The smallest absolute Gasteiger partial charge is 0.262 e. The fraction of sp³-hybridized carbons (Fsp3) is 0.316. The lowest BCUT2D eigenvalue weighted by atomic mass is 10.1. The highest BCUT2D eigenvalue weighted by molar-refractivity contribution is 7.18. The Morgan fingerprint density at radius 1 is 1.36 bits per heavy atom. The minimum absolute atomic E-state index is 0.0134. The van der Waals surface area contributed by atoms with Crippen LogP contribution in [0.5, 0.6) is 5.75 Å². The standard InChI is InChI=1S/C19H18N2O3S/c1-11(22)12-6-7-15(24-2)13(8-12)9-21-10-20-18-17(19(21)23)14-4-3-5-16(14)25-18/h6-8,10H,3-5,9H2,1-2H3. The van der Waals surface area contributed by atoms with E-state index in [0.29, 0.717) is 17.9 Å². The van der Waals surface area contributed by atoms with Gasteiger partial charge in [0.2, 0.25) is 0 Å². The monoisotopic (exact) mass is 354 g/mol. The van der Waals surface area contributed by atoms with Gasteiger partial charge in [-0.3, -0.25) is 14.2 Å². The zero-order chi connectivity index (χ0) is 17.6. The summed E-state index contributed by atoms with van der Waals surface area (Å²) in [4.78, 5) is 31.3. The minimum atomic E-state index is -0.0142. The van der Waals surface area contributed by atoms with Gasteiger partial charge < -0.3 is 4.74 Å². The number of thiophene rings is 1. The third-order valence-electron chi connectivity index (χ3n) is 4.72. The average Bonchev–Trinajstić information content (AvgIpc) is 3.18. The highest BCUT2D eigenvalue weighted by atomic mass is 32.1. The molecule has 0 saturated carbocycles. The third-order valence-corrected chi connectivity index (χ3v) is 5.92. The molecule has 0 atom stereocenters. The molecule has 0 unspecified atom stereocenters. The van der Waals surface area contributed by atoms with E-state index in [1.165, 1.54) is 17.4 Å². The molecular formula is C19H18N2O3S. The van der Waals surface area contributed by atoms with Gasteiger partial charge in [0.1, 0.15) is 10.6 Å². The van der Waals surface area contributed by atoms with Crippen LogP contribution in [0, 0.1) is 0 Å². The third kappa shape index (κ3) is 2.66. The summed E-state index contributed by atoms with van der Waals surface area (Å²) in [6.07, 6.45) is 4.71. The second-order valence-electron chi connectivity index (χ2n) is 6.30. The Morgan fingerprint density at radius 3 is 2.96 bits per heavy atom. The van der Waals surface area contributed by atoms with Crippen LogP contribution in [0.15, 0.2) is 29.3 Å². The van der Waals surface area contributed by atoms with Gasteiger partial charge in [-0.25, -0.2) is 4.98 Å². The van der Waals surface area contributed by atoms with Crippen LogP contribution in [0.2, 0.25) is 0 Å². The van der Waals surface area contributed by atoms with Crippen molar-refractivity contribution in [1.29, 1.82) is 0 Å². The first kappa shape index (κ1) is 16.0. The first-order valence-electron chi connectivity index (χ1n) is 8.26. The van der Waals surface area contributed by atoms with Gasteiger partial charge >= 0.3 is 0 Å². The Labute approximate surface area is 148 Å². The van der Waals surface area contributed by atoms with Crippen LogP contribution in [0.3, 0.4) is 0 Å². The van der Waals surface area contributed by atoms with Crippen molar-refractivity contribution in [2.24, 2.45) is 0 Å². The van der Waals surface area contributed by atoms with Crippen LogP contribution in [-0.4, -0.2) is 22.4 Å². The van der Waals surface area contributed by atoms with E-state index >= 15 is 0 Å². The average molecular weight is 354 g/mol. The number of ether oxygens (including phenoxy) is 1. The van der Waals surface area contributed by atoms with Gasteiger partial charge in [0, 0.05) is 16.0 Å². The van der Waals surface area contributed by atoms with Crippen molar-refractivity contribution in [3.63, 3.8) is 0 Å². The van der Waals surface area contributed by atoms with Crippen molar-refractivity contribution in [2.45, 2.75) is 32.7 Å². The number of Topliss-reactive ketones (excluding diaryl/α,β-unsaturated/α-hetero) is 1. The highest BCUT2D eigenvalue weighted by Gasteiger charge is 2.21. The molecule has 0 radical (unpaired) electrons. The molecule has 0 fully saturated rings. The quantitative estimate of drug-likeness (QED) is 0.675. The molecule has 0 amide bonds. The van der Waals surface area contributed by atoms with Crippen molar-refractivity contribution >= 4 is 27.3 Å². The molecule has 0 saturated heterocycles. The number of aryl methyl sites for hydroxylation is 2. The Bertz CT molecular complexity index is 1050. The molecule has 1 aromatic carbocycles. The van der Waals surface area contributed by atoms with Crippen molar-refractivity contribution < 1.29 is 9.53 Å². The van der Waals surface area contributed by atoms with E-state index in [1.807, 2.05) is 0 Å². The summed E-state index contributed by atoms with van der Waals surface area (Å²) >= 11 is 1.64. The normalized spacial score (nSPS) is 13.2. The summed E-state index contributed by atoms with van der Waals surface area (Å²) < 4.78 is 7.00. The van der Waals surface area contributed by atoms with Gasteiger partial charge in [-0.1, -0.05) is 0 Å². The molecule has 6 heteroatoms. The topological polar surface area (TPSA) is 61.2 Å². The van der Waals surface area contributed by atoms with Gasteiger partial charge in [0.15, 0.2) is 5.78 Å². The molecule has 1 aliphatic carbocycles. The van der Waals surface area contributed by atoms with Crippen LogP contribution in [-0.2, 0) is 19.4 Å². The molecular weight excluding hydrogens is 336 g/mol. The number of carbonyl (C=O) groups is 1. The zero-order valence-electron chi connectivity index (χ0n) is 14.2. The predicted molar refractivity (Wildman–Crippen MR) is 98.0 cm³/mol. The van der Waals surface area contributed by atoms with E-state index in [4.69, 9.17) is 4.74 Å². The van der Waals surface area contributed by atoms with Crippen LogP contribution < -0.4 is 10.3 Å². The number of hydrogen-bond donors (Lipinski definition) is 0. The summed E-state index contributed by atoms with van der Waals surface area (Å²) in [7, 11) is 1.59. The minimum Gasteiger partial charge on any atom is -0.496 e. The number of rotatable bonds is 4. The zero-order valence-corrected chi connectivity index (χ0v) is 15.0. The maximum Gasteiger partial charge on any atom is 0.262 e. The van der Waals surface area contributed by atoms with Crippen LogP contribution in [0.25, 0.3) is 10.2 Å². The number of hydrogen-bond acceptors (Lipinski definition) is 5. The Hall–Kier alpha value is -2.47. The van der Waals surface area contributed by atoms with Gasteiger partial charge in [-0.05, 0) is 49.9 Å². The molecule has 128 valence electrons. The summed E-state index contributed by atoms with van der Waals surface area (Å²) in [5.41, 5.74) is 2.57. The van der Waals surface area contributed by atoms with Crippen LogP contribution >= 0.6 is 11.3 Å². The maximum absolute atomic E-state index is 13.0. The second-order valence-corrected chi connectivity index (χ2v) is 7.38. The molecule has 2 aromatic heterocycles. The number of nitrogens with zero attached hydrogens (tertiary/aromatic N) is 2. The lowest BCUT2D eigenvalue weighted by Gasteiger charge is -2.11. The summed E-state index contributed by atoms with van der Waals surface area (Å²) in [5.74, 6) is 0.646. The van der Waals surface area contributed by atoms with Gasteiger partial charge in [-0.2, -0.15) is 0 Å². The number of aromatic nitrogens is 2. The fourth-order valence-corrected chi connectivity index (χ4v) is 4.66. The van der Waals surface area contributed by atoms with E-state index in [-0.39, 0.29) is 11.3 Å². The summed E-state index contributed by atoms with van der Waals surface area (Å²) in [5, 5.41) is 0.765. The van der Waals surface area contributed by atoms with E-state index in [2.05, 4.69) is 4.98 Å². The number of benzene rings is 1. The first-order chi connectivity index (χ1) is 12.1. The van der Waals surface area contributed by atoms with Gasteiger partial charge in [0.25, 0.3) is 5.56 Å². The first-order valence-corrected chi connectivity index (χ1v) is 9.07. The fourth-order valence-electron chi connectivity index (χ4n) is 3.44. The molecule has 0 aliphatic heterocycles. The Morgan fingerprint density at radius 2 is 2.20 bits per heavy atom. The highest BCUT2D eigenvalue weighted by Crippen LogP contribution is 2.34. The number of ketones is 1. The van der Waals surface area contributed by atoms with Crippen LogP contribution in [0.1, 0.15) is 39.7 Å². The Kier molecular flexibility index (Phi) is 3.92. The predicted octanol–water partition coefficient (Wildman–Crippen LogP) is 3.21.